The zero-order valence-electron chi connectivity index (χ0n) is 58.1. The van der Waals surface area contributed by atoms with Crippen LogP contribution in [0.25, 0.3) is 60.9 Å². The van der Waals surface area contributed by atoms with E-state index in [1.165, 1.54) is 197 Å². The zero-order valence-corrected chi connectivity index (χ0v) is 58.1. The van der Waals surface area contributed by atoms with Crippen molar-refractivity contribution in [2.75, 3.05) is 4.90 Å². The summed E-state index contributed by atoms with van der Waals surface area (Å²) < 4.78 is 29.4. The molecule has 2 saturated heterocycles. The van der Waals surface area contributed by atoms with Crippen LogP contribution in [0.3, 0.4) is 0 Å². The normalized spacial score (nSPS) is 16.6. The maximum absolute atomic E-state index is 6.75. The minimum absolute atomic E-state index is 0.0395. The molecule has 484 valence electrons. The first-order valence-corrected chi connectivity index (χ1v) is 36.2. The van der Waals surface area contributed by atoms with Gasteiger partial charge in [0, 0.05) is 38.9 Å². The number of nitrogens with zero attached hydrogens (tertiary/aromatic N) is 2. The second-order valence-electron chi connectivity index (χ2n) is 29.6. The summed E-state index contributed by atoms with van der Waals surface area (Å²) in [5, 5.41) is 2.37. The predicted molar refractivity (Wildman–Crippen MR) is 397 cm³/mol. The van der Waals surface area contributed by atoms with E-state index in [1.807, 2.05) is 0 Å². The molecule has 0 radical (unpaired) electrons. The Bertz CT molecular complexity index is 3850. The maximum atomic E-state index is 6.75. The number of unbranched alkanes of at least 4 members (excludes halogenated alkanes) is 18. The number of hydrogen-bond acceptors (Lipinski definition) is 5. The van der Waals surface area contributed by atoms with E-state index in [2.05, 4.69) is 261 Å². The molecule has 1 aromatic heterocycles. The van der Waals surface area contributed by atoms with Gasteiger partial charge in [0.2, 0.25) is 0 Å². The molecule has 0 atom stereocenters. The van der Waals surface area contributed by atoms with Crippen molar-refractivity contribution < 1.29 is 18.6 Å². The molecule has 2 aliphatic heterocycles. The Balaban J connectivity index is 0.892. The maximum Gasteiger partial charge on any atom is 0.494 e. The van der Waals surface area contributed by atoms with Gasteiger partial charge in [-0.05, 0) is 190 Å². The third-order valence-corrected chi connectivity index (χ3v) is 22.1. The Morgan fingerprint density at radius 1 is 0.333 bits per heavy atom. The number of fused-ring (bicyclic) bond motifs is 6. The van der Waals surface area contributed by atoms with Gasteiger partial charge in [0.1, 0.15) is 0 Å². The SMILES string of the molecule is CCCCCCCCCCCCC1(CCCCCCCCCCCC)c2ccccc2-c2ccc(N(c3ccc(-c4ccccc4)cc3)c3ccc(-c4ccc5c(c4)c4ccccc4n5-c4cc(B5OC(C)(C)C(C)(C)O5)cc(B5OC(C)(C)C(C)(C)O5)c4)cc3)cc21. The molecule has 8 heteroatoms. The molecule has 2 fully saturated rings. The standard InChI is InChI=1S/C85H104B2N2O4/c1-11-13-15-17-19-21-23-25-27-36-56-85(57-37-28-26-24-22-20-18-16-14-12-2)77-42-34-32-40-73(77)74-54-53-71(62-78(74)85)88(69-49-44-64(45-50-69)63-38-30-29-31-39-63)70-51-46-65(47-52-70)66-48-55-80-76(58-66)75-41-33-35-43-79(75)89(80)72-60-67(86-90-81(3,4)82(5,6)91-86)59-68(61-72)87-92-83(7,8)84(9,10)93-87/h29-35,38-55,58-62H,11-28,36-37,56-57H2,1-10H3. The van der Waals surface area contributed by atoms with E-state index in [1.54, 1.807) is 5.56 Å². The Kier molecular flexibility index (Phi) is 20.5. The molecule has 0 saturated carbocycles. The largest absolute Gasteiger partial charge is 0.494 e. The second-order valence-corrected chi connectivity index (χ2v) is 29.6. The van der Waals surface area contributed by atoms with Crippen LogP contribution in [0, 0.1) is 0 Å². The zero-order chi connectivity index (χ0) is 64.8. The molecule has 3 aliphatic rings. The third-order valence-electron chi connectivity index (χ3n) is 22.1. The highest BCUT2D eigenvalue weighted by Gasteiger charge is 2.54. The van der Waals surface area contributed by atoms with E-state index in [0.717, 1.165) is 39.0 Å². The molecule has 0 amide bonds. The van der Waals surface area contributed by atoms with Crippen molar-refractivity contribution in [2.45, 2.75) is 238 Å². The summed E-state index contributed by atoms with van der Waals surface area (Å²) in [6.45, 7) is 21.5. The summed E-state index contributed by atoms with van der Waals surface area (Å²) in [5.74, 6) is 0. The number of rotatable bonds is 30. The smallest absolute Gasteiger partial charge is 0.399 e. The topological polar surface area (TPSA) is 45.1 Å². The molecule has 3 heterocycles. The van der Waals surface area contributed by atoms with Crippen molar-refractivity contribution in [2.24, 2.45) is 0 Å². The van der Waals surface area contributed by atoms with E-state index in [0.29, 0.717) is 0 Å². The lowest BCUT2D eigenvalue weighted by Crippen LogP contribution is -2.41. The van der Waals surface area contributed by atoms with Gasteiger partial charge in [0.15, 0.2) is 0 Å². The van der Waals surface area contributed by atoms with Gasteiger partial charge in [0.25, 0.3) is 0 Å². The molecule has 0 unspecified atom stereocenters. The van der Waals surface area contributed by atoms with Crippen molar-refractivity contribution in [1.29, 1.82) is 0 Å². The number of benzene rings is 8. The van der Waals surface area contributed by atoms with Crippen LogP contribution < -0.4 is 15.8 Å². The molecule has 0 N–H and O–H groups in total. The van der Waals surface area contributed by atoms with Gasteiger partial charge in [-0.25, -0.2) is 0 Å². The van der Waals surface area contributed by atoms with Crippen LogP contribution in [-0.2, 0) is 24.0 Å². The van der Waals surface area contributed by atoms with Gasteiger partial charge in [-0.15, -0.1) is 0 Å². The molecule has 9 aromatic rings. The fourth-order valence-corrected chi connectivity index (χ4v) is 15.2. The fraction of sp³-hybridized carbons (Fsp3) is 0.435. The third kappa shape index (κ3) is 14.1. The van der Waals surface area contributed by atoms with E-state index in [4.69, 9.17) is 18.6 Å². The van der Waals surface area contributed by atoms with Crippen LogP contribution in [0.4, 0.5) is 17.1 Å². The van der Waals surface area contributed by atoms with Crippen molar-refractivity contribution in [3.05, 3.63) is 193 Å². The second kappa shape index (κ2) is 28.7. The van der Waals surface area contributed by atoms with E-state index in [-0.39, 0.29) is 5.41 Å². The van der Waals surface area contributed by atoms with Gasteiger partial charge in [-0.1, -0.05) is 258 Å². The molecule has 8 aromatic carbocycles. The van der Waals surface area contributed by atoms with Crippen molar-refractivity contribution in [3.8, 4) is 39.1 Å². The highest BCUT2D eigenvalue weighted by Crippen LogP contribution is 2.56. The van der Waals surface area contributed by atoms with Crippen molar-refractivity contribution in [3.63, 3.8) is 0 Å². The average Bonchev–Trinajstić information content (AvgIpc) is 1.52. The molecule has 6 nitrogen and oxygen atoms in total. The van der Waals surface area contributed by atoms with Gasteiger partial charge >= 0.3 is 14.2 Å². The summed E-state index contributed by atoms with van der Waals surface area (Å²) in [6, 6.07) is 68.8. The Morgan fingerprint density at radius 2 is 0.742 bits per heavy atom. The quantitative estimate of drug-likeness (QED) is 0.0332. The van der Waals surface area contributed by atoms with Gasteiger partial charge in [-0.2, -0.15) is 0 Å². The Morgan fingerprint density at radius 3 is 1.27 bits per heavy atom. The van der Waals surface area contributed by atoms with Crippen molar-refractivity contribution >= 4 is 64.0 Å². The molecule has 12 rings (SSSR count). The summed E-state index contributed by atoms with van der Waals surface area (Å²) in [7, 11) is -1.15. The lowest BCUT2D eigenvalue weighted by Gasteiger charge is -2.34. The van der Waals surface area contributed by atoms with Crippen LogP contribution in [0.5, 0.6) is 0 Å². The number of hydrogen-bond donors (Lipinski definition) is 0. The van der Waals surface area contributed by atoms with Crippen LogP contribution in [0.2, 0.25) is 0 Å². The van der Waals surface area contributed by atoms with Crippen molar-refractivity contribution in [1.82, 2.24) is 4.57 Å². The number of anilines is 3. The minimum atomic E-state index is -0.574. The van der Waals surface area contributed by atoms with Gasteiger partial charge in [-0.3, -0.25) is 0 Å². The van der Waals surface area contributed by atoms with Gasteiger partial charge < -0.3 is 28.1 Å². The molecular formula is C85H104B2N2O4. The predicted octanol–water partition coefficient (Wildman–Crippen LogP) is 23.1. The van der Waals surface area contributed by atoms with E-state index >= 15 is 0 Å². The Hall–Kier alpha value is -6.67. The van der Waals surface area contributed by atoms with E-state index in [9.17, 15) is 0 Å². The first-order valence-electron chi connectivity index (χ1n) is 36.2. The summed E-state index contributed by atoms with van der Waals surface area (Å²) >= 11 is 0. The van der Waals surface area contributed by atoms with Crippen LogP contribution in [0.1, 0.15) is 222 Å². The summed E-state index contributed by atoms with van der Waals surface area (Å²) in [5.41, 5.74) is 17.2. The minimum Gasteiger partial charge on any atom is -0.399 e. The fourth-order valence-electron chi connectivity index (χ4n) is 15.2. The lowest BCUT2D eigenvalue weighted by molar-refractivity contribution is 0.00578. The first-order chi connectivity index (χ1) is 45.0. The average molecular weight is 1240 g/mol. The van der Waals surface area contributed by atoms with Crippen LogP contribution >= 0.6 is 0 Å². The summed E-state index contributed by atoms with van der Waals surface area (Å²) in [4.78, 5) is 2.51. The monoisotopic (exact) mass is 1240 g/mol. The van der Waals surface area contributed by atoms with Crippen LogP contribution in [0.15, 0.2) is 182 Å². The number of aromatic nitrogens is 1. The first kappa shape index (κ1) is 66.4. The molecule has 93 heavy (non-hydrogen) atoms. The van der Waals surface area contributed by atoms with Crippen LogP contribution in [-0.4, -0.2) is 41.2 Å². The Labute approximate surface area is 559 Å². The van der Waals surface area contributed by atoms with E-state index < -0.39 is 36.6 Å². The summed E-state index contributed by atoms with van der Waals surface area (Å²) in [6.07, 6.45) is 29.3. The molecule has 0 spiro atoms. The number of para-hydroxylation sites is 1. The highest BCUT2D eigenvalue weighted by molar-refractivity contribution is 6.66. The molecule has 1 aliphatic carbocycles. The lowest BCUT2D eigenvalue weighted by atomic mass is 9.70. The highest BCUT2D eigenvalue weighted by atomic mass is 16.7. The van der Waals surface area contributed by atoms with Gasteiger partial charge in [0.05, 0.1) is 33.4 Å². The molecular weight excluding hydrogens is 1130 g/mol. The molecule has 0 bridgehead atoms.